The van der Waals surface area contributed by atoms with Crippen molar-refractivity contribution in [2.45, 2.75) is 40.2 Å². The molecule has 0 spiro atoms. The molecule has 2 aromatic rings. The summed E-state index contributed by atoms with van der Waals surface area (Å²) < 4.78 is 2.00. The zero-order chi connectivity index (χ0) is 16.3. The molecular weight excluding hydrogens is 278 g/mol. The van der Waals surface area contributed by atoms with E-state index in [0.29, 0.717) is 0 Å². The first-order valence-electron chi connectivity index (χ1n) is 7.47. The third-order valence-corrected chi connectivity index (χ3v) is 3.85. The Morgan fingerprint density at radius 3 is 2.41 bits per heavy atom. The van der Waals surface area contributed by atoms with E-state index in [4.69, 9.17) is 0 Å². The number of aliphatic hydroxyl groups is 1. The van der Waals surface area contributed by atoms with E-state index in [0.717, 1.165) is 22.8 Å². The first-order valence-corrected chi connectivity index (χ1v) is 7.47. The number of hydrogen-bond donors (Lipinski definition) is 2. The second kappa shape index (κ2) is 6.75. The van der Waals surface area contributed by atoms with Gasteiger partial charge in [-0.1, -0.05) is 13.8 Å². The molecule has 0 bridgehead atoms. The standard InChI is InChI=1S/C17H23N3O2/c1-11(2)16(21)9-17(22)19-14-5-7-15(8-6-14)20-10-18-12(3)13(20)4/h5-8,10-11,16,21H,9H2,1-4H3,(H,19,22). The Morgan fingerprint density at radius 1 is 1.27 bits per heavy atom. The van der Waals surface area contributed by atoms with Gasteiger partial charge in [0.1, 0.15) is 0 Å². The van der Waals surface area contributed by atoms with E-state index in [1.165, 1.54) is 0 Å². The zero-order valence-corrected chi connectivity index (χ0v) is 13.5. The lowest BCUT2D eigenvalue weighted by Crippen LogP contribution is -2.23. The van der Waals surface area contributed by atoms with Gasteiger partial charge in [0.05, 0.1) is 24.5 Å². The van der Waals surface area contributed by atoms with Crippen LogP contribution in [0, 0.1) is 19.8 Å². The van der Waals surface area contributed by atoms with Gasteiger partial charge in [0.25, 0.3) is 0 Å². The van der Waals surface area contributed by atoms with E-state index in [9.17, 15) is 9.90 Å². The number of benzene rings is 1. The average molecular weight is 301 g/mol. The van der Waals surface area contributed by atoms with Gasteiger partial charge in [0.2, 0.25) is 5.91 Å². The summed E-state index contributed by atoms with van der Waals surface area (Å²) in [6, 6.07) is 7.57. The van der Waals surface area contributed by atoms with Gasteiger partial charge in [-0.25, -0.2) is 4.98 Å². The molecule has 2 rings (SSSR count). The summed E-state index contributed by atoms with van der Waals surface area (Å²) in [6.07, 6.45) is 1.28. The van der Waals surface area contributed by atoms with Crippen molar-refractivity contribution < 1.29 is 9.90 Å². The molecule has 1 atom stereocenters. The van der Waals surface area contributed by atoms with Crippen LogP contribution in [0.3, 0.4) is 0 Å². The summed E-state index contributed by atoms with van der Waals surface area (Å²) in [5.41, 5.74) is 3.81. The van der Waals surface area contributed by atoms with Gasteiger partial charge in [-0.2, -0.15) is 0 Å². The Labute approximate surface area is 131 Å². The Hall–Kier alpha value is -2.14. The van der Waals surface area contributed by atoms with Crippen LogP contribution in [0.2, 0.25) is 0 Å². The fourth-order valence-electron chi connectivity index (χ4n) is 2.10. The summed E-state index contributed by atoms with van der Waals surface area (Å²) in [5.74, 6) is -0.107. The van der Waals surface area contributed by atoms with Crippen LogP contribution in [0.15, 0.2) is 30.6 Å². The molecule has 1 aromatic carbocycles. The quantitative estimate of drug-likeness (QED) is 0.892. The molecule has 0 aliphatic rings. The molecule has 0 saturated carbocycles. The number of nitrogens with one attached hydrogen (secondary N) is 1. The van der Waals surface area contributed by atoms with Crippen LogP contribution in [0.4, 0.5) is 5.69 Å². The van der Waals surface area contributed by atoms with Gasteiger partial charge in [-0.3, -0.25) is 4.79 Å². The van der Waals surface area contributed by atoms with E-state index in [1.807, 2.05) is 56.5 Å². The molecule has 0 saturated heterocycles. The normalized spacial score (nSPS) is 12.5. The minimum atomic E-state index is -0.615. The lowest BCUT2D eigenvalue weighted by atomic mass is 10.0. The Kier molecular flexibility index (Phi) is 4.98. The summed E-state index contributed by atoms with van der Waals surface area (Å²) in [5, 5.41) is 12.5. The number of rotatable bonds is 5. The number of aromatic nitrogens is 2. The van der Waals surface area contributed by atoms with Gasteiger partial charge in [-0.05, 0) is 44.0 Å². The van der Waals surface area contributed by atoms with Gasteiger partial charge < -0.3 is 15.0 Å². The van der Waals surface area contributed by atoms with Crippen LogP contribution in [-0.4, -0.2) is 26.7 Å². The third kappa shape index (κ3) is 3.74. The van der Waals surface area contributed by atoms with E-state index in [-0.39, 0.29) is 18.2 Å². The van der Waals surface area contributed by atoms with Crippen molar-refractivity contribution in [3.63, 3.8) is 0 Å². The van der Waals surface area contributed by atoms with Gasteiger partial charge in [0.15, 0.2) is 0 Å². The smallest absolute Gasteiger partial charge is 0.226 e. The van der Waals surface area contributed by atoms with Crippen molar-refractivity contribution in [2.75, 3.05) is 5.32 Å². The second-order valence-electron chi connectivity index (χ2n) is 5.90. The highest BCUT2D eigenvalue weighted by Crippen LogP contribution is 2.17. The molecule has 1 unspecified atom stereocenters. The number of aliphatic hydroxyl groups excluding tert-OH is 1. The molecule has 22 heavy (non-hydrogen) atoms. The summed E-state index contributed by atoms with van der Waals surface area (Å²) in [7, 11) is 0. The monoisotopic (exact) mass is 301 g/mol. The van der Waals surface area contributed by atoms with E-state index < -0.39 is 6.10 Å². The topological polar surface area (TPSA) is 67.2 Å². The number of carbonyl (C=O) groups is 1. The predicted molar refractivity (Wildman–Crippen MR) is 87.1 cm³/mol. The minimum absolute atomic E-state index is 0.0700. The Morgan fingerprint density at radius 2 is 1.91 bits per heavy atom. The first-order chi connectivity index (χ1) is 10.4. The average Bonchev–Trinajstić information content (AvgIpc) is 2.80. The molecule has 0 aliphatic carbocycles. The maximum atomic E-state index is 11.9. The lowest BCUT2D eigenvalue weighted by molar-refractivity contribution is -0.118. The zero-order valence-electron chi connectivity index (χ0n) is 13.5. The molecule has 0 radical (unpaired) electrons. The molecule has 118 valence electrons. The molecule has 1 amide bonds. The second-order valence-corrected chi connectivity index (χ2v) is 5.90. The van der Waals surface area contributed by atoms with Crippen molar-refractivity contribution in [3.8, 4) is 5.69 Å². The number of anilines is 1. The molecular formula is C17H23N3O2. The minimum Gasteiger partial charge on any atom is -0.392 e. The fourth-order valence-corrected chi connectivity index (χ4v) is 2.10. The number of nitrogens with zero attached hydrogens (tertiary/aromatic N) is 2. The first kappa shape index (κ1) is 16.2. The van der Waals surface area contributed by atoms with Gasteiger partial charge in [-0.15, -0.1) is 0 Å². The van der Waals surface area contributed by atoms with Crippen molar-refractivity contribution >= 4 is 11.6 Å². The molecule has 5 nitrogen and oxygen atoms in total. The highest BCUT2D eigenvalue weighted by atomic mass is 16.3. The third-order valence-electron chi connectivity index (χ3n) is 3.85. The summed E-state index contributed by atoms with van der Waals surface area (Å²) in [4.78, 5) is 16.1. The Bertz CT molecular complexity index is 644. The van der Waals surface area contributed by atoms with Crippen molar-refractivity contribution in [2.24, 2.45) is 5.92 Å². The largest absolute Gasteiger partial charge is 0.392 e. The summed E-state index contributed by atoms with van der Waals surface area (Å²) in [6.45, 7) is 7.77. The molecule has 1 heterocycles. The molecule has 5 heteroatoms. The lowest BCUT2D eigenvalue weighted by Gasteiger charge is -2.14. The Balaban J connectivity index is 2.03. The molecule has 1 aromatic heterocycles. The number of aryl methyl sites for hydroxylation is 1. The van der Waals surface area contributed by atoms with Crippen LogP contribution >= 0.6 is 0 Å². The van der Waals surface area contributed by atoms with Crippen LogP contribution in [0.5, 0.6) is 0 Å². The molecule has 0 fully saturated rings. The van der Waals surface area contributed by atoms with Gasteiger partial charge >= 0.3 is 0 Å². The highest BCUT2D eigenvalue weighted by molar-refractivity contribution is 5.91. The highest BCUT2D eigenvalue weighted by Gasteiger charge is 2.14. The van der Waals surface area contributed by atoms with Crippen LogP contribution in [0.25, 0.3) is 5.69 Å². The van der Waals surface area contributed by atoms with Crippen LogP contribution in [0.1, 0.15) is 31.7 Å². The number of amides is 1. The van der Waals surface area contributed by atoms with Crippen molar-refractivity contribution in [1.29, 1.82) is 0 Å². The van der Waals surface area contributed by atoms with Crippen molar-refractivity contribution in [3.05, 3.63) is 42.0 Å². The number of imidazole rings is 1. The fraction of sp³-hybridized carbons (Fsp3) is 0.412. The van der Waals surface area contributed by atoms with Gasteiger partial charge in [0, 0.05) is 17.1 Å². The number of carbonyl (C=O) groups excluding carboxylic acids is 1. The molecule has 0 aliphatic heterocycles. The number of hydrogen-bond acceptors (Lipinski definition) is 3. The SMILES string of the molecule is Cc1ncn(-c2ccc(NC(=O)CC(O)C(C)C)cc2)c1C. The van der Waals surface area contributed by atoms with Crippen molar-refractivity contribution in [1.82, 2.24) is 9.55 Å². The predicted octanol–water partition coefficient (Wildman–Crippen LogP) is 2.83. The maximum absolute atomic E-state index is 11.9. The summed E-state index contributed by atoms with van der Waals surface area (Å²) >= 11 is 0. The van der Waals surface area contributed by atoms with Crippen LogP contribution < -0.4 is 5.32 Å². The molecule has 2 N–H and O–H groups in total. The maximum Gasteiger partial charge on any atom is 0.226 e. The van der Waals surface area contributed by atoms with E-state index in [2.05, 4.69) is 10.3 Å². The van der Waals surface area contributed by atoms with E-state index >= 15 is 0 Å². The van der Waals surface area contributed by atoms with Crippen LogP contribution in [-0.2, 0) is 4.79 Å². The van der Waals surface area contributed by atoms with E-state index in [1.54, 1.807) is 6.33 Å².